The van der Waals surface area contributed by atoms with Gasteiger partial charge in [0.15, 0.2) is 0 Å². The Morgan fingerprint density at radius 3 is 0.983 bits per heavy atom. The van der Waals surface area contributed by atoms with Crippen LogP contribution in [0.1, 0.15) is 0 Å². The zero-order valence-corrected chi connectivity index (χ0v) is 33.0. The molecule has 282 valence electrons. The van der Waals surface area contributed by atoms with E-state index in [1.165, 1.54) is 60.1 Å². The summed E-state index contributed by atoms with van der Waals surface area (Å²) in [6.07, 6.45) is 0. The maximum atomic E-state index is 2.39. The fourth-order valence-corrected chi connectivity index (χ4v) is 8.84. The molecule has 0 bridgehead atoms. The Kier molecular flexibility index (Phi) is 8.87. The smallest absolute Gasteiger partial charge is 0.0540 e. The zero-order valence-electron chi connectivity index (χ0n) is 33.0. The van der Waals surface area contributed by atoms with Crippen LogP contribution in [-0.4, -0.2) is 0 Å². The van der Waals surface area contributed by atoms with Gasteiger partial charge in [0.1, 0.15) is 0 Å². The van der Waals surface area contributed by atoms with Crippen molar-refractivity contribution in [2.24, 2.45) is 0 Å². The van der Waals surface area contributed by atoms with Crippen molar-refractivity contribution in [3.8, 4) is 33.4 Å². The van der Waals surface area contributed by atoms with Crippen LogP contribution in [0.5, 0.6) is 0 Å². The number of anilines is 6. The minimum absolute atomic E-state index is 1.10. The molecular weight excluding hydrogens is 725 g/mol. The van der Waals surface area contributed by atoms with Crippen molar-refractivity contribution in [3.63, 3.8) is 0 Å². The molecule has 0 atom stereocenters. The first kappa shape index (κ1) is 35.2. The molecule has 0 radical (unpaired) electrons. The normalized spacial score (nSPS) is 11.3. The fourth-order valence-electron chi connectivity index (χ4n) is 8.84. The molecule has 0 heterocycles. The van der Waals surface area contributed by atoms with Crippen molar-refractivity contribution in [1.82, 2.24) is 0 Å². The average Bonchev–Trinajstić information content (AvgIpc) is 3.33. The first-order valence-electron chi connectivity index (χ1n) is 20.6. The highest BCUT2D eigenvalue weighted by atomic mass is 15.1. The molecule has 0 N–H and O–H groups in total. The Morgan fingerprint density at radius 2 is 0.533 bits per heavy atom. The molecule has 2 nitrogen and oxygen atoms in total. The standard InChI is InChI=1S/C58H40N2/c1-4-11-41(12-5-1)43-21-31-51(32-22-43)59(52-33-23-44(24-34-52)42-13-6-2-7-14-42)53-35-25-45(26-36-53)46-27-37-54(38-28-46)60(50-17-8-3-9-18-50)56-40-30-49-20-19-47-15-10-16-48-29-39-55(56)58(49)57(47)48/h1-40H. The van der Waals surface area contributed by atoms with E-state index < -0.39 is 0 Å². The molecule has 0 aliphatic carbocycles. The molecule has 0 unspecified atom stereocenters. The Bertz CT molecular complexity index is 3100. The second-order valence-electron chi connectivity index (χ2n) is 15.4. The van der Waals surface area contributed by atoms with Crippen molar-refractivity contribution in [1.29, 1.82) is 0 Å². The lowest BCUT2D eigenvalue weighted by Crippen LogP contribution is -2.10. The molecule has 0 amide bonds. The minimum atomic E-state index is 1.10. The first-order chi connectivity index (χ1) is 29.7. The molecule has 0 aliphatic heterocycles. The van der Waals surface area contributed by atoms with E-state index in [0.717, 1.165) is 39.7 Å². The molecular formula is C58H40N2. The maximum Gasteiger partial charge on any atom is 0.0540 e. The number of para-hydroxylation sites is 1. The molecule has 0 spiro atoms. The van der Waals surface area contributed by atoms with Gasteiger partial charge >= 0.3 is 0 Å². The molecule has 0 saturated carbocycles. The van der Waals surface area contributed by atoms with E-state index in [1.807, 2.05) is 0 Å². The Balaban J connectivity index is 0.943. The highest BCUT2D eigenvalue weighted by molar-refractivity contribution is 6.25. The Morgan fingerprint density at radius 1 is 0.200 bits per heavy atom. The molecule has 60 heavy (non-hydrogen) atoms. The molecule has 11 aromatic carbocycles. The van der Waals surface area contributed by atoms with Gasteiger partial charge in [-0.3, -0.25) is 0 Å². The van der Waals surface area contributed by atoms with Crippen molar-refractivity contribution >= 4 is 66.4 Å². The van der Waals surface area contributed by atoms with Crippen LogP contribution in [0.2, 0.25) is 0 Å². The summed E-state index contributed by atoms with van der Waals surface area (Å²) in [7, 11) is 0. The van der Waals surface area contributed by atoms with E-state index in [2.05, 4.69) is 252 Å². The van der Waals surface area contributed by atoms with Gasteiger partial charge in [0, 0.05) is 33.8 Å². The molecule has 0 aromatic heterocycles. The van der Waals surface area contributed by atoms with Gasteiger partial charge in [0.05, 0.1) is 5.69 Å². The molecule has 11 aromatic rings. The van der Waals surface area contributed by atoms with Crippen molar-refractivity contribution in [2.45, 2.75) is 0 Å². The minimum Gasteiger partial charge on any atom is -0.311 e. The van der Waals surface area contributed by atoms with Crippen LogP contribution in [-0.2, 0) is 0 Å². The monoisotopic (exact) mass is 764 g/mol. The second kappa shape index (κ2) is 15.1. The number of benzene rings is 11. The van der Waals surface area contributed by atoms with Gasteiger partial charge in [-0.25, -0.2) is 0 Å². The van der Waals surface area contributed by atoms with E-state index in [9.17, 15) is 0 Å². The van der Waals surface area contributed by atoms with Crippen LogP contribution in [0.3, 0.4) is 0 Å². The summed E-state index contributed by atoms with van der Waals surface area (Å²) >= 11 is 0. The SMILES string of the molecule is c1ccc(-c2ccc(N(c3ccc(-c4ccccc4)cc3)c3ccc(-c4ccc(N(c5ccccc5)c5ccc6ccc7cccc8ccc5c6c78)cc4)cc3)cc2)cc1. The van der Waals surface area contributed by atoms with Crippen molar-refractivity contribution in [3.05, 3.63) is 243 Å². The number of hydrogen-bond donors (Lipinski definition) is 0. The van der Waals surface area contributed by atoms with Crippen LogP contribution in [0.25, 0.3) is 65.7 Å². The van der Waals surface area contributed by atoms with Crippen LogP contribution in [0, 0.1) is 0 Å². The van der Waals surface area contributed by atoms with Gasteiger partial charge in [-0.15, -0.1) is 0 Å². The molecule has 0 saturated heterocycles. The lowest BCUT2D eigenvalue weighted by atomic mass is 9.93. The molecule has 0 aliphatic rings. The molecule has 0 fully saturated rings. The van der Waals surface area contributed by atoms with Gasteiger partial charge in [-0.1, -0.05) is 176 Å². The van der Waals surface area contributed by atoms with Crippen LogP contribution >= 0.6 is 0 Å². The lowest BCUT2D eigenvalue weighted by Gasteiger charge is -2.28. The predicted octanol–water partition coefficient (Wildman–Crippen LogP) is 16.5. The Hall–Kier alpha value is -7.94. The van der Waals surface area contributed by atoms with E-state index in [4.69, 9.17) is 0 Å². The quantitative estimate of drug-likeness (QED) is 0.135. The highest BCUT2D eigenvalue weighted by Crippen LogP contribution is 2.44. The third-order valence-electron chi connectivity index (χ3n) is 11.8. The topological polar surface area (TPSA) is 6.48 Å². The van der Waals surface area contributed by atoms with Crippen LogP contribution < -0.4 is 9.80 Å². The van der Waals surface area contributed by atoms with E-state index >= 15 is 0 Å². The predicted molar refractivity (Wildman–Crippen MR) is 256 cm³/mol. The molecule has 2 heteroatoms. The Labute approximate surface area is 350 Å². The van der Waals surface area contributed by atoms with Crippen LogP contribution in [0.15, 0.2) is 243 Å². The lowest BCUT2D eigenvalue weighted by molar-refractivity contribution is 1.28. The number of nitrogens with zero attached hydrogens (tertiary/aromatic N) is 2. The van der Waals surface area contributed by atoms with Crippen molar-refractivity contribution in [2.75, 3.05) is 9.80 Å². The summed E-state index contributed by atoms with van der Waals surface area (Å²) in [6.45, 7) is 0. The summed E-state index contributed by atoms with van der Waals surface area (Å²) in [4.78, 5) is 4.73. The van der Waals surface area contributed by atoms with Gasteiger partial charge in [-0.2, -0.15) is 0 Å². The van der Waals surface area contributed by atoms with E-state index in [0.29, 0.717) is 0 Å². The summed E-state index contributed by atoms with van der Waals surface area (Å²) < 4.78 is 0. The third-order valence-corrected chi connectivity index (χ3v) is 11.8. The zero-order chi connectivity index (χ0) is 39.8. The van der Waals surface area contributed by atoms with Crippen LogP contribution in [0.4, 0.5) is 34.1 Å². The summed E-state index contributed by atoms with van der Waals surface area (Å²) in [5, 5.41) is 7.69. The van der Waals surface area contributed by atoms with Gasteiger partial charge in [0.25, 0.3) is 0 Å². The summed E-state index contributed by atoms with van der Waals surface area (Å²) in [5.74, 6) is 0. The van der Waals surface area contributed by atoms with Gasteiger partial charge in [0.2, 0.25) is 0 Å². The molecule has 11 rings (SSSR count). The summed E-state index contributed by atoms with van der Waals surface area (Å²) in [5.41, 5.74) is 13.8. The van der Waals surface area contributed by atoms with E-state index in [1.54, 1.807) is 0 Å². The number of hydrogen-bond acceptors (Lipinski definition) is 2. The van der Waals surface area contributed by atoms with Crippen molar-refractivity contribution < 1.29 is 0 Å². The number of rotatable bonds is 9. The second-order valence-corrected chi connectivity index (χ2v) is 15.4. The average molecular weight is 765 g/mol. The summed E-state index contributed by atoms with van der Waals surface area (Å²) in [6, 6.07) is 87.7. The van der Waals surface area contributed by atoms with Gasteiger partial charge in [-0.05, 0) is 127 Å². The van der Waals surface area contributed by atoms with E-state index in [-0.39, 0.29) is 0 Å². The fraction of sp³-hybridized carbons (Fsp3) is 0. The largest absolute Gasteiger partial charge is 0.311 e. The maximum absolute atomic E-state index is 2.39. The first-order valence-corrected chi connectivity index (χ1v) is 20.6. The highest BCUT2D eigenvalue weighted by Gasteiger charge is 2.19. The third kappa shape index (κ3) is 6.41. The van der Waals surface area contributed by atoms with Gasteiger partial charge < -0.3 is 9.80 Å².